The van der Waals surface area contributed by atoms with Crippen LogP contribution in [0.5, 0.6) is 5.75 Å². The van der Waals surface area contributed by atoms with Crippen molar-refractivity contribution in [1.29, 1.82) is 5.26 Å². The van der Waals surface area contributed by atoms with Gasteiger partial charge in [0.25, 0.3) is 0 Å². The van der Waals surface area contributed by atoms with Gasteiger partial charge in [-0.2, -0.15) is 5.26 Å². The Morgan fingerprint density at radius 2 is 2.22 bits per heavy atom. The number of fused-ring (bicyclic) bond motifs is 6. The van der Waals surface area contributed by atoms with Crippen molar-refractivity contribution in [3.63, 3.8) is 0 Å². The molecule has 2 aliphatic carbocycles. The molecule has 0 spiro atoms. The number of amides is 1. The van der Waals surface area contributed by atoms with E-state index in [1.165, 1.54) is 12.8 Å². The maximum Gasteiger partial charge on any atom is 0.229 e. The fraction of sp³-hybridized carbons (Fsp3) is 0.611. The van der Waals surface area contributed by atoms with Crippen molar-refractivity contribution in [1.82, 2.24) is 9.88 Å². The summed E-state index contributed by atoms with van der Waals surface area (Å²) in [7, 11) is 0. The van der Waals surface area contributed by atoms with Gasteiger partial charge in [-0.3, -0.25) is 9.78 Å². The molecule has 2 saturated carbocycles. The number of nitriles is 1. The molecule has 0 unspecified atom stereocenters. The zero-order chi connectivity index (χ0) is 15.6. The van der Waals surface area contributed by atoms with Crippen molar-refractivity contribution in [2.45, 2.75) is 50.7 Å². The van der Waals surface area contributed by atoms with E-state index in [1.54, 1.807) is 12.4 Å². The molecule has 1 saturated heterocycles. The number of pyridine rings is 1. The zero-order valence-electron chi connectivity index (χ0n) is 13.0. The van der Waals surface area contributed by atoms with Gasteiger partial charge in [0.2, 0.25) is 5.91 Å². The van der Waals surface area contributed by atoms with E-state index in [2.05, 4.69) is 11.1 Å². The number of carbonyl (C=O) groups is 1. The summed E-state index contributed by atoms with van der Waals surface area (Å²) < 4.78 is 6.01. The number of aromatic nitrogens is 1. The highest BCUT2D eigenvalue weighted by Gasteiger charge is 2.55. The molecule has 5 nitrogen and oxygen atoms in total. The van der Waals surface area contributed by atoms with Crippen LogP contribution in [0.25, 0.3) is 0 Å². The van der Waals surface area contributed by atoms with E-state index in [-0.39, 0.29) is 17.6 Å². The second-order valence-electron chi connectivity index (χ2n) is 7.59. The molecule has 1 amide bonds. The van der Waals surface area contributed by atoms with Crippen molar-refractivity contribution < 1.29 is 9.53 Å². The Labute approximate surface area is 135 Å². The average molecular weight is 309 g/mol. The summed E-state index contributed by atoms with van der Waals surface area (Å²) in [5.74, 6) is 1.73. The highest BCUT2D eigenvalue weighted by atomic mass is 16.5. The third kappa shape index (κ3) is 1.72. The molecule has 23 heavy (non-hydrogen) atoms. The molecule has 2 aliphatic heterocycles. The first kappa shape index (κ1) is 13.4. The van der Waals surface area contributed by atoms with E-state index in [0.29, 0.717) is 23.8 Å². The Bertz CT molecular complexity index is 730. The van der Waals surface area contributed by atoms with E-state index in [0.717, 1.165) is 37.2 Å². The van der Waals surface area contributed by atoms with Gasteiger partial charge in [-0.15, -0.1) is 0 Å². The normalized spacial score (nSPS) is 36.5. The van der Waals surface area contributed by atoms with Gasteiger partial charge in [0.15, 0.2) is 0 Å². The molecule has 5 rings (SSSR count). The Hall–Kier alpha value is -2.09. The summed E-state index contributed by atoms with van der Waals surface area (Å²) in [5.41, 5.74) is 1.28. The fourth-order valence-electron chi connectivity index (χ4n) is 5.28. The van der Waals surface area contributed by atoms with Crippen molar-refractivity contribution in [3.05, 3.63) is 23.5 Å². The van der Waals surface area contributed by atoms with Gasteiger partial charge in [0.1, 0.15) is 23.5 Å². The molecule has 3 fully saturated rings. The number of likely N-dealkylation sites (tertiary alicyclic amines) is 1. The van der Waals surface area contributed by atoms with E-state index >= 15 is 0 Å². The van der Waals surface area contributed by atoms with Crippen LogP contribution < -0.4 is 4.74 Å². The predicted molar refractivity (Wildman–Crippen MR) is 81.4 cm³/mol. The number of hydrogen-bond donors (Lipinski definition) is 0. The lowest BCUT2D eigenvalue weighted by molar-refractivity contribution is -0.142. The van der Waals surface area contributed by atoms with Gasteiger partial charge >= 0.3 is 0 Å². The molecule has 4 aliphatic rings. The lowest BCUT2D eigenvalue weighted by Crippen LogP contribution is -2.41. The molecular weight excluding hydrogens is 290 g/mol. The van der Waals surface area contributed by atoms with Crippen LogP contribution in [-0.4, -0.2) is 28.4 Å². The van der Waals surface area contributed by atoms with Crippen LogP contribution in [0.3, 0.4) is 0 Å². The second kappa shape index (κ2) is 4.47. The number of ether oxygens (including phenoxy) is 1. The van der Waals surface area contributed by atoms with E-state index in [9.17, 15) is 10.1 Å². The Morgan fingerprint density at radius 3 is 2.91 bits per heavy atom. The molecule has 4 bridgehead atoms. The summed E-state index contributed by atoms with van der Waals surface area (Å²) in [5, 5.41) is 9.27. The van der Waals surface area contributed by atoms with Crippen LogP contribution in [0.2, 0.25) is 0 Å². The minimum Gasteiger partial charge on any atom is -0.487 e. The second-order valence-corrected chi connectivity index (χ2v) is 7.59. The van der Waals surface area contributed by atoms with Crippen LogP contribution in [0.4, 0.5) is 0 Å². The van der Waals surface area contributed by atoms with Crippen LogP contribution in [-0.2, 0) is 4.79 Å². The molecule has 3 heterocycles. The summed E-state index contributed by atoms with van der Waals surface area (Å²) in [6, 6.07) is 2.19. The van der Waals surface area contributed by atoms with Crippen LogP contribution >= 0.6 is 0 Å². The number of nitrogens with zero attached hydrogens (tertiary/aromatic N) is 3. The van der Waals surface area contributed by atoms with Gasteiger partial charge in [-0.25, -0.2) is 0 Å². The lowest BCUT2D eigenvalue weighted by Gasteiger charge is -2.34. The number of carbonyl (C=O) groups excluding carboxylic acids is 1. The van der Waals surface area contributed by atoms with Gasteiger partial charge in [0, 0.05) is 29.8 Å². The average Bonchev–Trinajstić information content (AvgIpc) is 3.28. The maximum absolute atomic E-state index is 13.3. The van der Waals surface area contributed by atoms with Crippen LogP contribution in [0, 0.1) is 22.7 Å². The first-order valence-corrected chi connectivity index (χ1v) is 8.56. The smallest absolute Gasteiger partial charge is 0.229 e. The minimum absolute atomic E-state index is 0.0148. The van der Waals surface area contributed by atoms with Gasteiger partial charge in [0.05, 0.1) is 12.6 Å². The molecule has 2 atom stereocenters. The molecular formula is C18H19N3O2. The Balaban J connectivity index is 1.52. The highest BCUT2D eigenvalue weighted by Crippen LogP contribution is 2.56. The quantitative estimate of drug-likeness (QED) is 0.799. The molecule has 0 radical (unpaired) electrons. The van der Waals surface area contributed by atoms with Crippen LogP contribution in [0.1, 0.15) is 55.7 Å². The monoisotopic (exact) mass is 309 g/mol. The molecule has 118 valence electrons. The summed E-state index contributed by atoms with van der Waals surface area (Å²) in [4.78, 5) is 19.5. The third-order valence-electron chi connectivity index (χ3n) is 6.41. The largest absolute Gasteiger partial charge is 0.487 e. The van der Waals surface area contributed by atoms with E-state index in [4.69, 9.17) is 4.74 Å². The molecule has 1 aromatic rings. The van der Waals surface area contributed by atoms with Gasteiger partial charge in [-0.1, -0.05) is 0 Å². The number of rotatable bonds is 1. The summed E-state index contributed by atoms with van der Waals surface area (Å²) >= 11 is 0. The Morgan fingerprint density at radius 1 is 1.39 bits per heavy atom. The van der Waals surface area contributed by atoms with E-state index in [1.807, 2.05) is 4.90 Å². The minimum atomic E-state index is -0.109. The molecule has 1 aromatic heterocycles. The van der Waals surface area contributed by atoms with Crippen molar-refractivity contribution in [2.24, 2.45) is 11.3 Å². The van der Waals surface area contributed by atoms with E-state index < -0.39 is 0 Å². The summed E-state index contributed by atoms with van der Waals surface area (Å²) in [6.45, 7) is 0.648. The lowest BCUT2D eigenvalue weighted by atomic mass is 9.82. The van der Waals surface area contributed by atoms with Crippen molar-refractivity contribution in [3.8, 4) is 11.8 Å². The van der Waals surface area contributed by atoms with Gasteiger partial charge < -0.3 is 9.64 Å². The van der Waals surface area contributed by atoms with Gasteiger partial charge in [-0.05, 0) is 38.0 Å². The van der Waals surface area contributed by atoms with Crippen LogP contribution in [0.15, 0.2) is 12.4 Å². The maximum atomic E-state index is 13.3. The molecule has 0 N–H and O–H groups in total. The fourth-order valence-corrected chi connectivity index (χ4v) is 5.28. The molecule has 5 heteroatoms. The third-order valence-corrected chi connectivity index (χ3v) is 6.41. The topological polar surface area (TPSA) is 66.2 Å². The SMILES string of the molecule is N#Cc1cncc2c1O[C@H]1C[C@@H]2N(C(=O)C23CCC(CC2)C3)C1. The van der Waals surface area contributed by atoms with Crippen molar-refractivity contribution >= 4 is 5.91 Å². The first-order chi connectivity index (χ1) is 11.2. The predicted octanol–water partition coefficient (Wildman–Crippen LogP) is 2.57. The molecule has 0 aromatic carbocycles. The standard InChI is InChI=1S/C18H19N3O2/c19-7-12-8-20-9-14-15-5-13(23-16(12)14)10-21(15)17(22)18-3-1-11(6-18)2-4-18/h8-9,11,13,15H,1-6,10H2/t11?,13-,15-,18?/m0/s1. The van der Waals surface area contributed by atoms with Crippen molar-refractivity contribution in [2.75, 3.05) is 6.54 Å². The number of hydrogen-bond acceptors (Lipinski definition) is 4. The zero-order valence-corrected chi connectivity index (χ0v) is 13.0. The first-order valence-electron chi connectivity index (χ1n) is 8.56. The Kier molecular flexibility index (Phi) is 2.60. The highest BCUT2D eigenvalue weighted by molar-refractivity contribution is 5.84. The summed E-state index contributed by atoms with van der Waals surface area (Å²) in [6.07, 6.45) is 9.75.